The summed E-state index contributed by atoms with van der Waals surface area (Å²) in [5.74, 6) is 0.495. The summed E-state index contributed by atoms with van der Waals surface area (Å²) in [6.45, 7) is 7.21. The zero-order chi connectivity index (χ0) is 19.0. The van der Waals surface area contributed by atoms with Crippen molar-refractivity contribution in [2.75, 3.05) is 6.23 Å². The van der Waals surface area contributed by atoms with Crippen molar-refractivity contribution < 1.29 is 42.8 Å². The number of carbonyl (C=O) groups is 1. The van der Waals surface area contributed by atoms with Crippen molar-refractivity contribution in [3.63, 3.8) is 0 Å². The van der Waals surface area contributed by atoms with Gasteiger partial charge in [-0.2, -0.15) is 0 Å². The highest BCUT2D eigenvalue weighted by atomic mass is 127. The predicted molar refractivity (Wildman–Crippen MR) is 106 cm³/mol. The Kier molecular flexibility index (Phi) is 10.0. The number of hydrogen-bond acceptors (Lipinski definition) is 3. The van der Waals surface area contributed by atoms with Crippen molar-refractivity contribution in [1.29, 1.82) is 0 Å². The van der Waals surface area contributed by atoms with E-state index in [1.165, 1.54) is 18.9 Å². The number of carbonyl (C=O) groups excluding carboxylic acids is 1. The summed E-state index contributed by atoms with van der Waals surface area (Å²) >= 11 is 0. The average molecular weight is 499 g/mol. The monoisotopic (exact) mass is 499 g/mol. The number of esters is 1. The van der Waals surface area contributed by atoms with E-state index in [1.54, 1.807) is 12.1 Å². The van der Waals surface area contributed by atoms with E-state index >= 15 is 0 Å². The highest BCUT2D eigenvalue weighted by molar-refractivity contribution is 6.77. The number of ether oxygens (including phenoxy) is 2. The molecule has 1 heterocycles. The molecule has 0 amide bonds. The highest BCUT2D eigenvalue weighted by Gasteiger charge is 2.21. The average Bonchev–Trinajstić information content (AvgIpc) is 2.63. The van der Waals surface area contributed by atoms with Gasteiger partial charge in [-0.15, -0.1) is 0 Å². The number of benzene rings is 1. The highest BCUT2D eigenvalue weighted by Crippen LogP contribution is 2.18. The van der Waals surface area contributed by atoms with Crippen LogP contribution in [-0.4, -0.2) is 20.3 Å². The zero-order valence-corrected chi connectivity index (χ0v) is 19.9. The molecule has 0 bridgehead atoms. The molecular formula is C21H30INO3Si. The van der Waals surface area contributed by atoms with Crippen molar-refractivity contribution >= 4 is 14.0 Å². The Balaban J connectivity index is 0.00000364. The molecule has 27 heavy (non-hydrogen) atoms. The molecule has 0 aliphatic rings. The Bertz CT molecular complexity index is 720. The maximum absolute atomic E-state index is 12.2. The second-order valence-corrected chi connectivity index (χ2v) is 12.7. The molecule has 148 valence electrons. The van der Waals surface area contributed by atoms with Crippen LogP contribution >= 0.6 is 0 Å². The number of rotatable bonds is 9. The zero-order valence-electron chi connectivity index (χ0n) is 16.7. The van der Waals surface area contributed by atoms with Crippen LogP contribution < -0.4 is 33.3 Å². The third kappa shape index (κ3) is 8.42. The lowest BCUT2D eigenvalue weighted by Gasteiger charge is -2.22. The second kappa shape index (κ2) is 11.4. The molecule has 1 aromatic heterocycles. The molecule has 0 aliphatic carbocycles. The van der Waals surface area contributed by atoms with Gasteiger partial charge < -0.3 is 33.5 Å². The molecule has 0 saturated heterocycles. The smallest absolute Gasteiger partial charge is 0.338 e. The number of hydrogen-bond donors (Lipinski definition) is 0. The molecule has 2 aromatic rings. The first-order valence-electron chi connectivity index (χ1n) is 9.24. The third-order valence-corrected chi connectivity index (χ3v) is 6.93. The van der Waals surface area contributed by atoms with Gasteiger partial charge in [0.15, 0.2) is 12.4 Å². The summed E-state index contributed by atoms with van der Waals surface area (Å²) < 4.78 is 13.3. The molecule has 2 rings (SSSR count). The third-order valence-electron chi connectivity index (χ3n) is 4.30. The van der Waals surface area contributed by atoms with Gasteiger partial charge in [0, 0.05) is 6.07 Å². The molecule has 0 fully saturated rings. The quantitative estimate of drug-likeness (QED) is 0.226. The maximum atomic E-state index is 12.2. The number of aryl methyl sites for hydroxylation is 1. The van der Waals surface area contributed by atoms with Gasteiger partial charge in [-0.1, -0.05) is 38.9 Å². The second-order valence-electron chi connectivity index (χ2n) is 7.53. The first-order valence-corrected chi connectivity index (χ1v) is 12.7. The lowest BCUT2D eigenvalue weighted by atomic mass is 10.2. The Hall–Kier alpha value is -1.41. The van der Waals surface area contributed by atoms with Gasteiger partial charge in [0.25, 0.3) is 0 Å². The Morgan fingerprint density at radius 3 is 2.48 bits per heavy atom. The predicted octanol–water partition coefficient (Wildman–Crippen LogP) is 1.30. The van der Waals surface area contributed by atoms with Crippen molar-refractivity contribution in [1.82, 2.24) is 0 Å². The van der Waals surface area contributed by atoms with Crippen LogP contribution in [0, 0.1) is 0 Å². The SMILES string of the molecule is CCCC[Si](C)(C)COc1ccc(C(=O)OCc2ccc[n+](C)c2)cc1.[I-]. The molecule has 0 saturated carbocycles. The van der Waals surface area contributed by atoms with Gasteiger partial charge in [-0.3, -0.25) is 0 Å². The van der Waals surface area contributed by atoms with Gasteiger partial charge in [-0.05, 0) is 30.3 Å². The van der Waals surface area contributed by atoms with Crippen LogP contribution in [0.5, 0.6) is 5.75 Å². The van der Waals surface area contributed by atoms with Crippen molar-refractivity contribution in [2.24, 2.45) is 7.05 Å². The molecule has 0 unspecified atom stereocenters. The lowest BCUT2D eigenvalue weighted by Crippen LogP contribution is -3.00. The van der Waals surface area contributed by atoms with E-state index in [9.17, 15) is 4.79 Å². The molecule has 1 aromatic carbocycles. The number of pyridine rings is 1. The van der Waals surface area contributed by atoms with Crippen LogP contribution in [0.3, 0.4) is 0 Å². The van der Waals surface area contributed by atoms with Crippen LogP contribution in [0.15, 0.2) is 48.8 Å². The molecule has 0 atom stereocenters. The lowest BCUT2D eigenvalue weighted by molar-refractivity contribution is -0.672. The van der Waals surface area contributed by atoms with Gasteiger partial charge in [0.2, 0.25) is 0 Å². The Morgan fingerprint density at radius 2 is 1.85 bits per heavy atom. The Labute approximate surface area is 180 Å². The van der Waals surface area contributed by atoms with Gasteiger partial charge in [0.05, 0.1) is 25.4 Å². The molecule has 0 N–H and O–H groups in total. The first-order chi connectivity index (χ1) is 12.4. The molecule has 6 heteroatoms. The molecule has 0 spiro atoms. The van der Waals surface area contributed by atoms with Crippen molar-refractivity contribution in [3.05, 3.63) is 59.9 Å². The van der Waals surface area contributed by atoms with E-state index in [-0.39, 0.29) is 36.6 Å². The van der Waals surface area contributed by atoms with E-state index in [1.807, 2.05) is 48.3 Å². The summed E-state index contributed by atoms with van der Waals surface area (Å²) in [4.78, 5) is 12.2. The fourth-order valence-electron chi connectivity index (χ4n) is 2.66. The minimum Gasteiger partial charge on any atom is -1.00 e. The van der Waals surface area contributed by atoms with E-state index in [2.05, 4.69) is 20.0 Å². The summed E-state index contributed by atoms with van der Waals surface area (Å²) in [7, 11) is 0.628. The van der Waals surface area contributed by atoms with Crippen molar-refractivity contribution in [3.8, 4) is 5.75 Å². The number of nitrogens with zero attached hydrogens (tertiary/aromatic N) is 1. The van der Waals surface area contributed by atoms with Gasteiger partial charge in [-0.25, -0.2) is 9.36 Å². The summed E-state index contributed by atoms with van der Waals surface area (Å²) in [6, 6.07) is 12.4. The minimum atomic E-state index is -1.31. The number of unbranched alkanes of at least 4 members (excludes halogenated alkanes) is 1. The van der Waals surface area contributed by atoms with Crippen LogP contribution in [0.25, 0.3) is 0 Å². The van der Waals surface area contributed by atoms with Crippen LogP contribution in [0.4, 0.5) is 0 Å². The summed E-state index contributed by atoms with van der Waals surface area (Å²) in [6.07, 6.45) is 7.19. The van der Waals surface area contributed by atoms with Gasteiger partial charge >= 0.3 is 5.97 Å². The fraction of sp³-hybridized carbons (Fsp3) is 0.429. The molecule has 4 nitrogen and oxygen atoms in total. The standard InChI is InChI=1S/C21H30NO3Si.HI/c1-5-6-14-26(3,4)17-25-20-11-9-19(10-12-20)21(23)24-16-18-8-7-13-22(2)15-18;/h7-13,15H,5-6,14,16-17H2,1-4H3;1H/q+1;/p-1. The van der Waals surface area contributed by atoms with Gasteiger partial charge in [0.1, 0.15) is 19.4 Å². The fourth-order valence-corrected chi connectivity index (χ4v) is 4.67. The normalized spacial score (nSPS) is 10.8. The summed E-state index contributed by atoms with van der Waals surface area (Å²) in [5.41, 5.74) is 1.50. The topological polar surface area (TPSA) is 39.4 Å². The van der Waals surface area contributed by atoms with E-state index in [4.69, 9.17) is 9.47 Å². The summed E-state index contributed by atoms with van der Waals surface area (Å²) in [5, 5.41) is 0. The van der Waals surface area contributed by atoms with Crippen LogP contribution in [0.2, 0.25) is 19.1 Å². The molecule has 0 aliphatic heterocycles. The molecular weight excluding hydrogens is 469 g/mol. The minimum absolute atomic E-state index is 0. The van der Waals surface area contributed by atoms with Crippen LogP contribution in [-0.2, 0) is 18.4 Å². The maximum Gasteiger partial charge on any atom is 0.338 e. The van der Waals surface area contributed by atoms with Crippen LogP contribution in [0.1, 0.15) is 35.7 Å². The van der Waals surface area contributed by atoms with Crippen molar-refractivity contribution in [2.45, 2.75) is 45.5 Å². The Morgan fingerprint density at radius 1 is 1.15 bits per heavy atom. The number of aromatic nitrogens is 1. The number of halogens is 1. The van der Waals surface area contributed by atoms with E-state index in [0.29, 0.717) is 5.56 Å². The largest absolute Gasteiger partial charge is 1.00 e. The van der Waals surface area contributed by atoms with E-state index in [0.717, 1.165) is 17.5 Å². The first kappa shape index (κ1) is 23.6. The molecule has 0 radical (unpaired) electrons. The van der Waals surface area contributed by atoms with E-state index < -0.39 is 8.07 Å².